The van der Waals surface area contributed by atoms with Crippen LogP contribution in [0.2, 0.25) is 5.15 Å². The first-order chi connectivity index (χ1) is 8.90. The average molecular weight is 278 g/mol. The van der Waals surface area contributed by atoms with Gasteiger partial charge in [-0.05, 0) is 29.9 Å². The van der Waals surface area contributed by atoms with Gasteiger partial charge in [0.2, 0.25) is 0 Å². The Morgan fingerprint density at radius 3 is 2.63 bits per heavy atom. The molecule has 0 spiro atoms. The topological polar surface area (TPSA) is 33.1 Å². The van der Waals surface area contributed by atoms with E-state index in [1.807, 2.05) is 6.07 Å². The zero-order chi connectivity index (χ0) is 14.0. The molecule has 2 nitrogen and oxygen atoms in total. The smallest absolute Gasteiger partial charge is 0.129 e. The second kappa shape index (κ2) is 5.48. The lowest BCUT2D eigenvalue weighted by molar-refractivity contribution is 0.298. The van der Waals surface area contributed by atoms with Gasteiger partial charge in [-0.2, -0.15) is 0 Å². The highest BCUT2D eigenvalue weighted by Gasteiger charge is 2.21. The van der Waals surface area contributed by atoms with E-state index in [1.54, 1.807) is 6.20 Å². The van der Waals surface area contributed by atoms with Crippen LogP contribution in [0.15, 0.2) is 23.4 Å². The third-order valence-corrected chi connectivity index (χ3v) is 3.64. The van der Waals surface area contributed by atoms with Gasteiger partial charge in [-0.1, -0.05) is 55.7 Å². The maximum atomic E-state index is 9.19. The molecule has 19 heavy (non-hydrogen) atoms. The summed E-state index contributed by atoms with van der Waals surface area (Å²) >= 11 is 5.99. The zero-order valence-corrected chi connectivity index (χ0v) is 12.5. The largest absolute Gasteiger partial charge is 0.396 e. The van der Waals surface area contributed by atoms with Gasteiger partial charge in [0, 0.05) is 18.4 Å². The Morgan fingerprint density at radius 2 is 2.00 bits per heavy atom. The molecular formula is C16H20ClNO. The van der Waals surface area contributed by atoms with Gasteiger partial charge in [0.15, 0.2) is 0 Å². The van der Waals surface area contributed by atoms with Crippen LogP contribution in [-0.2, 0) is 0 Å². The molecule has 0 atom stereocenters. The van der Waals surface area contributed by atoms with Crippen molar-refractivity contribution in [1.29, 1.82) is 0 Å². The van der Waals surface area contributed by atoms with Gasteiger partial charge >= 0.3 is 0 Å². The predicted molar refractivity (Wildman–Crippen MR) is 81.0 cm³/mol. The lowest BCUT2D eigenvalue weighted by atomic mass is 9.82. The van der Waals surface area contributed by atoms with E-state index < -0.39 is 0 Å². The van der Waals surface area contributed by atoms with Crippen LogP contribution in [0, 0.1) is 5.41 Å². The van der Waals surface area contributed by atoms with Crippen molar-refractivity contribution in [2.24, 2.45) is 5.41 Å². The van der Waals surface area contributed by atoms with Gasteiger partial charge in [0.05, 0.1) is 0 Å². The molecule has 1 aliphatic carbocycles. The first kappa shape index (κ1) is 14.3. The van der Waals surface area contributed by atoms with Gasteiger partial charge in [0.25, 0.3) is 0 Å². The van der Waals surface area contributed by atoms with Crippen molar-refractivity contribution in [3.8, 4) is 0 Å². The van der Waals surface area contributed by atoms with Crippen molar-refractivity contribution in [1.82, 2.24) is 4.98 Å². The second-order valence-electron chi connectivity index (χ2n) is 6.01. The van der Waals surface area contributed by atoms with Crippen LogP contribution >= 0.6 is 11.6 Å². The van der Waals surface area contributed by atoms with E-state index in [4.69, 9.17) is 11.6 Å². The molecule has 102 valence electrons. The van der Waals surface area contributed by atoms with Crippen LogP contribution in [-0.4, -0.2) is 16.7 Å². The fourth-order valence-corrected chi connectivity index (χ4v) is 2.41. The predicted octanol–water partition coefficient (Wildman–Crippen LogP) is 4.33. The Labute approximate surface area is 119 Å². The minimum Gasteiger partial charge on any atom is -0.396 e. The highest BCUT2D eigenvalue weighted by molar-refractivity contribution is 6.29. The summed E-state index contributed by atoms with van der Waals surface area (Å²) in [5, 5.41) is 9.71. The Bertz CT molecular complexity index is 538. The molecule has 1 N–H and O–H groups in total. The van der Waals surface area contributed by atoms with Crippen molar-refractivity contribution in [3.63, 3.8) is 0 Å². The number of pyridine rings is 1. The summed E-state index contributed by atoms with van der Waals surface area (Å²) in [6.45, 7) is 6.81. The minimum atomic E-state index is 0.103. The van der Waals surface area contributed by atoms with E-state index in [2.05, 4.69) is 37.9 Å². The highest BCUT2D eigenvalue weighted by Crippen LogP contribution is 2.37. The molecule has 1 aliphatic rings. The Kier molecular flexibility index (Phi) is 4.12. The Hall–Kier alpha value is -1.12. The molecule has 0 unspecified atom stereocenters. The fraction of sp³-hybridized carbons (Fsp3) is 0.438. The lowest BCUT2D eigenvalue weighted by Crippen LogP contribution is -2.10. The summed E-state index contributed by atoms with van der Waals surface area (Å²) in [7, 11) is 0. The van der Waals surface area contributed by atoms with Gasteiger partial charge < -0.3 is 5.11 Å². The number of hydrogen-bond donors (Lipinski definition) is 1. The third kappa shape index (κ3) is 3.46. The first-order valence-corrected chi connectivity index (χ1v) is 6.95. The Morgan fingerprint density at radius 1 is 1.26 bits per heavy atom. The summed E-state index contributed by atoms with van der Waals surface area (Å²) in [6, 6.07) is 1.90. The SMILES string of the molecule is CC(C)(C)C1=Cc2cc(Cl)ncc2C=C(CCO)C1. The zero-order valence-electron chi connectivity index (χ0n) is 11.7. The quantitative estimate of drug-likeness (QED) is 0.816. The van der Waals surface area contributed by atoms with Gasteiger partial charge in [-0.25, -0.2) is 4.98 Å². The first-order valence-electron chi connectivity index (χ1n) is 6.57. The van der Waals surface area contributed by atoms with Crippen LogP contribution in [0.5, 0.6) is 0 Å². The van der Waals surface area contributed by atoms with E-state index in [1.165, 1.54) is 11.1 Å². The van der Waals surface area contributed by atoms with Crippen molar-refractivity contribution in [2.75, 3.05) is 6.61 Å². The van der Waals surface area contributed by atoms with E-state index in [-0.39, 0.29) is 12.0 Å². The van der Waals surface area contributed by atoms with Crippen LogP contribution in [0.4, 0.5) is 0 Å². The van der Waals surface area contributed by atoms with Crippen LogP contribution < -0.4 is 0 Å². The second-order valence-corrected chi connectivity index (χ2v) is 6.40. The molecule has 1 aromatic heterocycles. The van der Waals surface area contributed by atoms with Crippen molar-refractivity contribution < 1.29 is 5.11 Å². The van der Waals surface area contributed by atoms with Crippen molar-refractivity contribution >= 4 is 23.8 Å². The van der Waals surface area contributed by atoms with E-state index in [0.717, 1.165) is 17.5 Å². The fourth-order valence-electron chi connectivity index (χ4n) is 2.24. The number of aliphatic hydroxyl groups excluding tert-OH is 1. The van der Waals surface area contributed by atoms with Crippen LogP contribution in [0.1, 0.15) is 44.7 Å². The van der Waals surface area contributed by atoms with Gasteiger partial charge in [0.1, 0.15) is 5.15 Å². The molecule has 3 heteroatoms. The highest BCUT2D eigenvalue weighted by atomic mass is 35.5. The molecule has 0 amide bonds. The van der Waals surface area contributed by atoms with Crippen molar-refractivity contribution in [3.05, 3.63) is 39.7 Å². The molecule has 0 aromatic carbocycles. The van der Waals surface area contributed by atoms with Crippen LogP contribution in [0.25, 0.3) is 12.2 Å². The molecule has 2 rings (SSSR count). The number of fused-ring (bicyclic) bond motifs is 1. The summed E-state index contributed by atoms with van der Waals surface area (Å²) in [6.07, 6.45) is 7.75. The van der Waals surface area contributed by atoms with E-state index >= 15 is 0 Å². The van der Waals surface area contributed by atoms with Gasteiger partial charge in [-0.15, -0.1) is 0 Å². The maximum Gasteiger partial charge on any atom is 0.129 e. The number of hydrogen-bond acceptors (Lipinski definition) is 2. The number of aliphatic hydroxyl groups is 1. The van der Waals surface area contributed by atoms with Crippen molar-refractivity contribution in [2.45, 2.75) is 33.6 Å². The number of aromatic nitrogens is 1. The van der Waals surface area contributed by atoms with E-state index in [0.29, 0.717) is 11.6 Å². The number of rotatable bonds is 2. The molecular weight excluding hydrogens is 258 g/mol. The summed E-state index contributed by atoms with van der Waals surface area (Å²) in [5.41, 5.74) is 4.89. The van der Waals surface area contributed by atoms with Gasteiger partial charge in [-0.3, -0.25) is 0 Å². The van der Waals surface area contributed by atoms with E-state index in [9.17, 15) is 5.11 Å². The maximum absolute atomic E-state index is 9.19. The molecule has 0 aliphatic heterocycles. The number of nitrogens with zero attached hydrogens (tertiary/aromatic N) is 1. The molecule has 0 saturated heterocycles. The minimum absolute atomic E-state index is 0.103. The normalized spacial score (nSPS) is 15.4. The standard InChI is InChI=1S/C16H20ClNO/c1-16(2,3)14-7-11(4-5-19)6-13-10-18-15(17)9-12(13)8-14/h6,8-10,19H,4-5,7H2,1-3H3. The summed E-state index contributed by atoms with van der Waals surface area (Å²) in [4.78, 5) is 4.14. The Balaban J connectivity index is 2.54. The molecule has 0 bridgehead atoms. The third-order valence-electron chi connectivity index (χ3n) is 3.44. The molecule has 0 fully saturated rings. The number of halogens is 1. The molecule has 0 saturated carbocycles. The average Bonchev–Trinajstić information content (AvgIpc) is 2.47. The summed E-state index contributed by atoms with van der Waals surface area (Å²) in [5.74, 6) is 0. The summed E-state index contributed by atoms with van der Waals surface area (Å²) < 4.78 is 0. The lowest BCUT2D eigenvalue weighted by Gasteiger charge is -2.23. The van der Waals surface area contributed by atoms with Crippen LogP contribution in [0.3, 0.4) is 0 Å². The molecule has 1 aromatic rings. The monoisotopic (exact) mass is 277 g/mol. The molecule has 1 heterocycles. The number of allylic oxidation sites excluding steroid dienone is 1. The molecule has 0 radical (unpaired) electrons.